The monoisotopic (exact) mass is 395 g/mol. The summed E-state index contributed by atoms with van der Waals surface area (Å²) in [6, 6.07) is 7.42. The summed E-state index contributed by atoms with van der Waals surface area (Å²) in [5.41, 5.74) is 7.70. The number of carbonyl (C=O) groups excluding carboxylic acids is 2. The molecule has 0 spiro atoms. The zero-order chi connectivity index (χ0) is 19.3. The molecule has 0 radical (unpaired) electrons. The smallest absolute Gasteiger partial charge is 0.341 e. The van der Waals surface area contributed by atoms with Crippen molar-refractivity contribution in [2.24, 2.45) is 0 Å². The summed E-state index contributed by atoms with van der Waals surface area (Å²) in [4.78, 5) is 24.9. The Kier molecular flexibility index (Phi) is 7.02. The van der Waals surface area contributed by atoms with Crippen LogP contribution in [0.25, 0.3) is 0 Å². The molecule has 0 aliphatic carbocycles. The van der Waals surface area contributed by atoms with Gasteiger partial charge < -0.3 is 21.1 Å². The van der Waals surface area contributed by atoms with Gasteiger partial charge in [0, 0.05) is 30.2 Å². The summed E-state index contributed by atoms with van der Waals surface area (Å²) < 4.78 is 5.09. The third kappa shape index (κ3) is 4.35. The number of esters is 1. The second-order valence-electron chi connectivity index (χ2n) is 5.57. The first-order chi connectivity index (χ1) is 12.4. The molecular formula is C18H22ClN3O3S. The summed E-state index contributed by atoms with van der Waals surface area (Å²) in [5.74, 6) is -0.821. The van der Waals surface area contributed by atoms with Gasteiger partial charge in [-0.15, -0.1) is 11.3 Å². The molecule has 0 unspecified atom stereocenters. The van der Waals surface area contributed by atoms with E-state index in [0.717, 1.165) is 16.9 Å². The molecule has 4 N–H and O–H groups in total. The maximum atomic E-state index is 12.3. The van der Waals surface area contributed by atoms with E-state index < -0.39 is 5.97 Å². The van der Waals surface area contributed by atoms with E-state index in [1.165, 1.54) is 7.05 Å². The summed E-state index contributed by atoms with van der Waals surface area (Å²) >= 11 is 7.31. The van der Waals surface area contributed by atoms with Crippen LogP contribution in [0.1, 0.15) is 51.0 Å². The highest BCUT2D eigenvalue weighted by atomic mass is 35.5. The lowest BCUT2D eigenvalue weighted by atomic mass is 10.1. The van der Waals surface area contributed by atoms with Gasteiger partial charge in [0.15, 0.2) is 0 Å². The molecule has 0 aliphatic heterocycles. The van der Waals surface area contributed by atoms with Crippen molar-refractivity contribution < 1.29 is 14.3 Å². The molecule has 140 valence electrons. The second kappa shape index (κ2) is 9.02. The molecular weight excluding hydrogens is 374 g/mol. The van der Waals surface area contributed by atoms with Crippen LogP contribution in [-0.4, -0.2) is 25.5 Å². The molecule has 0 saturated carbocycles. The number of nitrogens with two attached hydrogens (primary N) is 1. The number of rotatable bonds is 7. The standard InChI is InChI=1S/C18H22ClN3O3S/c1-4-25-18(24)14-12(15(17(23)21-3)26-16(14)20)9-22-10(2)11-7-5-6-8-13(11)19/h5-8,10,22H,4,9,20H2,1-3H3,(H,21,23)/t10-/m1/s1. The van der Waals surface area contributed by atoms with E-state index in [4.69, 9.17) is 22.1 Å². The fourth-order valence-corrected chi connectivity index (χ4v) is 3.89. The van der Waals surface area contributed by atoms with Crippen LogP contribution in [0.15, 0.2) is 24.3 Å². The van der Waals surface area contributed by atoms with Gasteiger partial charge in [-0.3, -0.25) is 4.79 Å². The average molecular weight is 396 g/mol. The van der Waals surface area contributed by atoms with Crippen LogP contribution in [0.2, 0.25) is 5.02 Å². The Labute approximate surface area is 161 Å². The third-order valence-electron chi connectivity index (χ3n) is 3.90. The first-order valence-corrected chi connectivity index (χ1v) is 9.38. The van der Waals surface area contributed by atoms with Crippen LogP contribution in [-0.2, 0) is 11.3 Å². The zero-order valence-electron chi connectivity index (χ0n) is 14.9. The molecule has 6 nitrogen and oxygen atoms in total. The van der Waals surface area contributed by atoms with Gasteiger partial charge in [-0.2, -0.15) is 0 Å². The van der Waals surface area contributed by atoms with Gasteiger partial charge in [-0.1, -0.05) is 29.8 Å². The van der Waals surface area contributed by atoms with Crippen molar-refractivity contribution in [1.29, 1.82) is 0 Å². The highest BCUT2D eigenvalue weighted by Gasteiger charge is 2.26. The largest absolute Gasteiger partial charge is 0.462 e. The number of benzene rings is 1. The number of hydrogen-bond donors (Lipinski definition) is 3. The van der Waals surface area contributed by atoms with Crippen LogP contribution in [0.4, 0.5) is 5.00 Å². The van der Waals surface area contributed by atoms with Gasteiger partial charge in [-0.25, -0.2) is 4.79 Å². The molecule has 0 saturated heterocycles. The van der Waals surface area contributed by atoms with Gasteiger partial charge in [0.2, 0.25) is 0 Å². The molecule has 0 bridgehead atoms. The minimum Gasteiger partial charge on any atom is -0.462 e. The predicted molar refractivity (Wildman–Crippen MR) is 105 cm³/mol. The first kappa shape index (κ1) is 20.2. The maximum Gasteiger partial charge on any atom is 0.341 e. The van der Waals surface area contributed by atoms with Crippen LogP contribution < -0.4 is 16.4 Å². The van der Waals surface area contributed by atoms with E-state index in [9.17, 15) is 9.59 Å². The number of anilines is 1. The van der Waals surface area contributed by atoms with E-state index in [1.54, 1.807) is 6.92 Å². The Morgan fingerprint density at radius 1 is 1.35 bits per heavy atom. The Morgan fingerprint density at radius 2 is 2.04 bits per heavy atom. The van der Waals surface area contributed by atoms with Crippen molar-refractivity contribution in [3.05, 3.63) is 50.9 Å². The quantitative estimate of drug-likeness (QED) is 0.625. The fraction of sp³-hybridized carbons (Fsp3) is 0.333. The molecule has 8 heteroatoms. The Hall–Kier alpha value is -2.09. The number of hydrogen-bond acceptors (Lipinski definition) is 6. The number of ether oxygens (including phenoxy) is 1. The van der Waals surface area contributed by atoms with Crippen LogP contribution in [0, 0.1) is 0 Å². The van der Waals surface area contributed by atoms with Crippen LogP contribution in [0.3, 0.4) is 0 Å². The van der Waals surface area contributed by atoms with Gasteiger partial charge in [0.05, 0.1) is 17.0 Å². The molecule has 26 heavy (non-hydrogen) atoms. The molecule has 1 aromatic heterocycles. The molecule has 1 aromatic carbocycles. The van der Waals surface area contributed by atoms with E-state index in [2.05, 4.69) is 10.6 Å². The van der Waals surface area contributed by atoms with Gasteiger partial charge in [0.1, 0.15) is 5.00 Å². The van der Waals surface area contributed by atoms with Crippen molar-refractivity contribution in [3.63, 3.8) is 0 Å². The topological polar surface area (TPSA) is 93.5 Å². The highest BCUT2D eigenvalue weighted by Crippen LogP contribution is 2.32. The number of amides is 1. The minimum absolute atomic E-state index is 0.0857. The van der Waals surface area contributed by atoms with E-state index in [0.29, 0.717) is 15.5 Å². The van der Waals surface area contributed by atoms with Gasteiger partial charge in [-0.05, 0) is 25.5 Å². The summed E-state index contributed by atoms with van der Waals surface area (Å²) in [6.45, 7) is 4.18. The number of thiophene rings is 1. The van der Waals surface area contributed by atoms with Crippen molar-refractivity contribution in [2.45, 2.75) is 26.4 Å². The van der Waals surface area contributed by atoms with E-state index >= 15 is 0 Å². The number of halogens is 1. The highest BCUT2D eigenvalue weighted by molar-refractivity contribution is 7.18. The van der Waals surface area contributed by atoms with Crippen molar-refractivity contribution in [1.82, 2.24) is 10.6 Å². The predicted octanol–water partition coefficient (Wildman–Crippen LogP) is 3.37. The number of nitrogens with one attached hydrogen (secondary N) is 2. The molecule has 1 heterocycles. The maximum absolute atomic E-state index is 12.3. The SMILES string of the molecule is CCOC(=O)c1c(N)sc(C(=O)NC)c1CN[C@H](C)c1ccccc1Cl. The summed E-state index contributed by atoms with van der Waals surface area (Å²) in [5, 5.41) is 6.80. The van der Waals surface area contributed by atoms with E-state index in [-0.39, 0.29) is 35.7 Å². The van der Waals surface area contributed by atoms with Crippen molar-refractivity contribution in [2.75, 3.05) is 19.4 Å². The number of nitrogen functional groups attached to an aromatic ring is 1. The molecule has 2 aromatic rings. The Morgan fingerprint density at radius 3 is 2.65 bits per heavy atom. The molecule has 1 amide bonds. The van der Waals surface area contributed by atoms with Crippen LogP contribution >= 0.6 is 22.9 Å². The third-order valence-corrected chi connectivity index (χ3v) is 5.31. The van der Waals surface area contributed by atoms with Gasteiger partial charge in [0.25, 0.3) is 5.91 Å². The molecule has 1 atom stereocenters. The lowest BCUT2D eigenvalue weighted by Gasteiger charge is -2.16. The average Bonchev–Trinajstić information content (AvgIpc) is 2.96. The lowest BCUT2D eigenvalue weighted by molar-refractivity contribution is 0.0526. The van der Waals surface area contributed by atoms with E-state index in [1.807, 2.05) is 31.2 Å². The minimum atomic E-state index is -0.529. The first-order valence-electron chi connectivity index (χ1n) is 8.18. The summed E-state index contributed by atoms with van der Waals surface area (Å²) in [6.07, 6.45) is 0. The van der Waals surface area contributed by atoms with Crippen LogP contribution in [0.5, 0.6) is 0 Å². The Bertz CT molecular complexity index is 807. The lowest BCUT2D eigenvalue weighted by Crippen LogP contribution is -2.24. The normalized spacial score (nSPS) is 11.8. The fourth-order valence-electron chi connectivity index (χ4n) is 2.57. The van der Waals surface area contributed by atoms with Crippen molar-refractivity contribution in [3.8, 4) is 0 Å². The molecule has 2 rings (SSSR count). The Balaban J connectivity index is 2.32. The van der Waals surface area contributed by atoms with Gasteiger partial charge >= 0.3 is 5.97 Å². The number of carbonyl (C=O) groups is 2. The molecule has 0 fully saturated rings. The molecule has 0 aliphatic rings. The van der Waals surface area contributed by atoms with Crippen molar-refractivity contribution >= 4 is 39.8 Å². The second-order valence-corrected chi connectivity index (χ2v) is 7.03. The summed E-state index contributed by atoms with van der Waals surface area (Å²) in [7, 11) is 1.53. The zero-order valence-corrected chi connectivity index (χ0v) is 16.5.